The van der Waals surface area contributed by atoms with Gasteiger partial charge in [-0.05, 0) is 24.0 Å². The highest BCUT2D eigenvalue weighted by Crippen LogP contribution is 2.20. The molecule has 0 aliphatic rings. The first-order valence-corrected chi connectivity index (χ1v) is 5.26. The Bertz CT molecular complexity index is 248. The predicted molar refractivity (Wildman–Crippen MR) is 57.6 cm³/mol. The first-order valence-electron chi connectivity index (χ1n) is 5.26. The van der Waals surface area contributed by atoms with Crippen LogP contribution in [-0.2, 0) is 0 Å². The van der Waals surface area contributed by atoms with Crippen LogP contribution < -0.4 is 5.73 Å². The molecule has 2 unspecified atom stereocenters. The van der Waals surface area contributed by atoms with Gasteiger partial charge in [0.15, 0.2) is 0 Å². The lowest BCUT2D eigenvalue weighted by molar-refractivity contribution is 0.439. The van der Waals surface area contributed by atoms with E-state index in [0.29, 0.717) is 5.92 Å². The molecule has 1 aromatic heterocycles. The maximum atomic E-state index is 6.06. The molecule has 0 saturated carbocycles. The van der Waals surface area contributed by atoms with Crippen molar-refractivity contribution in [3.63, 3.8) is 0 Å². The summed E-state index contributed by atoms with van der Waals surface area (Å²) in [5.41, 5.74) is 7.14. The van der Waals surface area contributed by atoms with E-state index in [4.69, 9.17) is 5.73 Å². The lowest BCUT2D eigenvalue weighted by Crippen LogP contribution is -2.14. The van der Waals surface area contributed by atoms with Gasteiger partial charge in [0.05, 0.1) is 6.20 Å². The zero-order valence-electron chi connectivity index (χ0n) is 8.98. The number of rotatable bonds is 5. The van der Waals surface area contributed by atoms with E-state index in [0.717, 1.165) is 12.0 Å². The molecule has 0 aromatic carbocycles. The molecule has 0 bridgehead atoms. The van der Waals surface area contributed by atoms with Crippen molar-refractivity contribution < 1.29 is 0 Å². The summed E-state index contributed by atoms with van der Waals surface area (Å²) in [5, 5.41) is 7.57. The number of aromatic nitrogens is 2. The number of nitrogens with two attached hydrogens (primary N) is 1. The molecule has 0 radical (unpaired) electrons. The highest BCUT2D eigenvalue weighted by atomic mass is 15.1. The molecule has 1 aromatic rings. The summed E-state index contributed by atoms with van der Waals surface area (Å²) in [6, 6.07) is 2.04. The van der Waals surface area contributed by atoms with Crippen molar-refractivity contribution in [2.45, 2.75) is 39.2 Å². The van der Waals surface area contributed by atoms with E-state index in [1.54, 1.807) is 12.4 Å². The Morgan fingerprint density at radius 1 is 1.43 bits per heavy atom. The minimum absolute atomic E-state index is 0.104. The summed E-state index contributed by atoms with van der Waals surface area (Å²) in [4.78, 5) is 0. The molecular formula is C11H19N3. The van der Waals surface area contributed by atoms with E-state index < -0.39 is 0 Å². The van der Waals surface area contributed by atoms with Gasteiger partial charge in [-0.2, -0.15) is 10.2 Å². The van der Waals surface area contributed by atoms with Crippen molar-refractivity contribution in [3.8, 4) is 0 Å². The molecule has 78 valence electrons. The molecule has 3 heteroatoms. The van der Waals surface area contributed by atoms with E-state index >= 15 is 0 Å². The SMILES string of the molecule is CCCC(C)CC(N)c1ccnnc1. The standard InChI is InChI=1S/C11H19N3/c1-3-4-9(2)7-11(12)10-5-6-13-14-8-10/h5-6,8-9,11H,3-4,7,12H2,1-2H3. The molecule has 2 N–H and O–H groups in total. The van der Waals surface area contributed by atoms with Crippen molar-refractivity contribution in [2.75, 3.05) is 0 Å². The second kappa shape index (κ2) is 5.70. The Kier molecular flexibility index (Phi) is 4.53. The fourth-order valence-electron chi connectivity index (χ4n) is 1.70. The zero-order valence-corrected chi connectivity index (χ0v) is 8.98. The number of nitrogens with zero attached hydrogens (tertiary/aromatic N) is 2. The van der Waals surface area contributed by atoms with Crippen molar-refractivity contribution >= 4 is 0 Å². The Morgan fingerprint density at radius 2 is 2.21 bits per heavy atom. The smallest absolute Gasteiger partial charge is 0.0543 e. The predicted octanol–water partition coefficient (Wildman–Crippen LogP) is 2.30. The Morgan fingerprint density at radius 3 is 2.79 bits per heavy atom. The number of hydrogen-bond donors (Lipinski definition) is 1. The summed E-state index contributed by atoms with van der Waals surface area (Å²) < 4.78 is 0. The fraction of sp³-hybridized carbons (Fsp3) is 0.636. The van der Waals surface area contributed by atoms with Crippen LogP contribution in [0.15, 0.2) is 18.5 Å². The van der Waals surface area contributed by atoms with Gasteiger partial charge in [0.2, 0.25) is 0 Å². The monoisotopic (exact) mass is 193 g/mol. The second-order valence-electron chi connectivity index (χ2n) is 3.91. The largest absolute Gasteiger partial charge is 0.324 e. The van der Waals surface area contributed by atoms with Crippen LogP contribution in [0.1, 0.15) is 44.7 Å². The molecule has 0 aliphatic heterocycles. The molecule has 1 rings (SSSR count). The lowest BCUT2D eigenvalue weighted by atomic mass is 9.94. The van der Waals surface area contributed by atoms with Gasteiger partial charge < -0.3 is 5.73 Å². The van der Waals surface area contributed by atoms with Crippen LogP contribution in [0.5, 0.6) is 0 Å². The Labute approximate surface area is 85.7 Å². The summed E-state index contributed by atoms with van der Waals surface area (Å²) in [6.45, 7) is 4.45. The highest BCUT2D eigenvalue weighted by molar-refractivity contribution is 5.10. The van der Waals surface area contributed by atoms with Gasteiger partial charge in [0.1, 0.15) is 0 Å². The van der Waals surface area contributed by atoms with E-state index in [-0.39, 0.29) is 6.04 Å². The van der Waals surface area contributed by atoms with Gasteiger partial charge in [-0.25, -0.2) is 0 Å². The van der Waals surface area contributed by atoms with E-state index in [1.165, 1.54) is 12.8 Å². The van der Waals surface area contributed by atoms with Crippen LogP contribution in [0.4, 0.5) is 0 Å². The molecule has 3 nitrogen and oxygen atoms in total. The van der Waals surface area contributed by atoms with Crippen molar-refractivity contribution in [2.24, 2.45) is 11.7 Å². The van der Waals surface area contributed by atoms with E-state index in [9.17, 15) is 0 Å². The minimum atomic E-state index is 0.104. The zero-order chi connectivity index (χ0) is 10.4. The molecule has 2 atom stereocenters. The van der Waals surface area contributed by atoms with Crippen LogP contribution in [0, 0.1) is 5.92 Å². The average molecular weight is 193 g/mol. The van der Waals surface area contributed by atoms with Gasteiger partial charge >= 0.3 is 0 Å². The first kappa shape index (κ1) is 11.1. The minimum Gasteiger partial charge on any atom is -0.324 e. The summed E-state index contributed by atoms with van der Waals surface area (Å²) in [7, 11) is 0. The molecule has 0 amide bonds. The highest BCUT2D eigenvalue weighted by Gasteiger charge is 2.10. The van der Waals surface area contributed by atoms with Crippen LogP contribution in [0.25, 0.3) is 0 Å². The van der Waals surface area contributed by atoms with E-state index in [1.807, 2.05) is 6.07 Å². The topological polar surface area (TPSA) is 51.8 Å². The summed E-state index contributed by atoms with van der Waals surface area (Å²) in [5.74, 6) is 0.683. The van der Waals surface area contributed by atoms with Crippen molar-refractivity contribution in [1.82, 2.24) is 10.2 Å². The normalized spacial score (nSPS) is 15.1. The third kappa shape index (κ3) is 3.42. The van der Waals surface area contributed by atoms with Crippen molar-refractivity contribution in [1.29, 1.82) is 0 Å². The maximum Gasteiger partial charge on any atom is 0.0543 e. The molecule has 14 heavy (non-hydrogen) atoms. The quantitative estimate of drug-likeness (QED) is 0.780. The molecule has 0 fully saturated rings. The van der Waals surface area contributed by atoms with E-state index in [2.05, 4.69) is 24.0 Å². The third-order valence-corrected chi connectivity index (χ3v) is 2.47. The van der Waals surface area contributed by atoms with Crippen LogP contribution >= 0.6 is 0 Å². The van der Waals surface area contributed by atoms with Crippen LogP contribution in [0.2, 0.25) is 0 Å². The van der Waals surface area contributed by atoms with Gasteiger partial charge in [-0.3, -0.25) is 0 Å². The number of hydrogen-bond acceptors (Lipinski definition) is 3. The van der Waals surface area contributed by atoms with Gasteiger partial charge in [0.25, 0.3) is 0 Å². The molecule has 0 spiro atoms. The molecule has 0 aliphatic carbocycles. The fourth-order valence-corrected chi connectivity index (χ4v) is 1.70. The third-order valence-electron chi connectivity index (χ3n) is 2.47. The van der Waals surface area contributed by atoms with Gasteiger partial charge in [-0.15, -0.1) is 0 Å². The summed E-state index contributed by atoms with van der Waals surface area (Å²) in [6.07, 6.45) is 6.94. The van der Waals surface area contributed by atoms with Crippen LogP contribution in [0.3, 0.4) is 0 Å². The average Bonchev–Trinajstić information content (AvgIpc) is 2.19. The lowest BCUT2D eigenvalue weighted by Gasteiger charge is -2.16. The summed E-state index contributed by atoms with van der Waals surface area (Å²) >= 11 is 0. The molecular weight excluding hydrogens is 174 g/mol. The van der Waals surface area contributed by atoms with Crippen LogP contribution in [-0.4, -0.2) is 10.2 Å². The molecule has 1 heterocycles. The van der Waals surface area contributed by atoms with Crippen molar-refractivity contribution in [3.05, 3.63) is 24.0 Å². The maximum absolute atomic E-state index is 6.06. The molecule has 0 saturated heterocycles. The van der Waals surface area contributed by atoms with Gasteiger partial charge in [0, 0.05) is 12.2 Å². The second-order valence-corrected chi connectivity index (χ2v) is 3.91. The Balaban J connectivity index is 2.46. The Hall–Kier alpha value is -0.960. The first-order chi connectivity index (χ1) is 6.74. The van der Waals surface area contributed by atoms with Gasteiger partial charge in [-0.1, -0.05) is 26.7 Å².